The van der Waals surface area contributed by atoms with Crippen LogP contribution < -0.4 is 0 Å². The van der Waals surface area contributed by atoms with Gasteiger partial charge in [-0.2, -0.15) is 0 Å². The van der Waals surface area contributed by atoms with Crippen LogP contribution in [0.3, 0.4) is 0 Å². The molecule has 0 heterocycles. The molecule has 1 heteroatoms. The molecule has 1 fully saturated rings. The number of aryl methyl sites for hydroxylation is 1. The van der Waals surface area contributed by atoms with Gasteiger partial charge in [0.1, 0.15) is 0 Å². The largest absolute Gasteiger partial charge is 0.0577 e. The van der Waals surface area contributed by atoms with Crippen molar-refractivity contribution >= 4 is 22.6 Å². The first-order valence-electron chi connectivity index (χ1n) is 4.53. The number of hydrogen-bond donors (Lipinski definition) is 0. The van der Waals surface area contributed by atoms with Crippen LogP contribution >= 0.6 is 22.6 Å². The van der Waals surface area contributed by atoms with Gasteiger partial charge in [0.2, 0.25) is 0 Å². The Morgan fingerprint density at radius 1 is 1.33 bits per heavy atom. The second-order valence-electron chi connectivity index (χ2n) is 3.64. The van der Waals surface area contributed by atoms with E-state index in [-0.39, 0.29) is 0 Å². The molecule has 0 aromatic heterocycles. The van der Waals surface area contributed by atoms with Gasteiger partial charge in [0.05, 0.1) is 0 Å². The first-order chi connectivity index (χ1) is 5.77. The lowest BCUT2D eigenvalue weighted by Crippen LogP contribution is -2.08. The normalized spacial score (nSPS) is 17.5. The van der Waals surface area contributed by atoms with Crippen LogP contribution in [-0.4, -0.2) is 0 Å². The molecule has 0 nitrogen and oxygen atoms in total. The van der Waals surface area contributed by atoms with Crippen molar-refractivity contribution < 1.29 is 0 Å². The maximum absolute atomic E-state index is 2.39. The van der Waals surface area contributed by atoms with Gasteiger partial charge in [-0.25, -0.2) is 0 Å². The highest BCUT2D eigenvalue weighted by Crippen LogP contribution is 2.36. The van der Waals surface area contributed by atoms with Crippen molar-refractivity contribution in [2.75, 3.05) is 0 Å². The van der Waals surface area contributed by atoms with Gasteiger partial charge in [-0.3, -0.25) is 0 Å². The minimum Gasteiger partial charge on any atom is -0.0577 e. The van der Waals surface area contributed by atoms with Crippen molar-refractivity contribution in [2.24, 2.45) is 0 Å². The fourth-order valence-corrected chi connectivity index (χ4v) is 2.00. The van der Waals surface area contributed by atoms with E-state index in [2.05, 4.69) is 47.7 Å². The second kappa shape index (κ2) is 3.36. The van der Waals surface area contributed by atoms with Gasteiger partial charge in [-0.15, -0.1) is 0 Å². The average Bonchev–Trinajstić information content (AvgIpc) is 1.93. The highest BCUT2D eigenvalue weighted by Gasteiger charge is 2.19. The molecule has 1 aromatic rings. The number of rotatable bonds is 1. The second-order valence-corrected chi connectivity index (χ2v) is 4.80. The zero-order valence-electron chi connectivity index (χ0n) is 7.31. The lowest BCUT2D eigenvalue weighted by Gasteiger charge is -2.26. The first kappa shape index (κ1) is 8.54. The molecular formula is C11H13I. The Kier molecular flexibility index (Phi) is 2.40. The summed E-state index contributed by atoms with van der Waals surface area (Å²) in [5, 5.41) is 0. The molecule has 1 aliphatic rings. The third-order valence-corrected chi connectivity index (χ3v) is 3.97. The molecular weight excluding hydrogens is 259 g/mol. The monoisotopic (exact) mass is 272 g/mol. The van der Waals surface area contributed by atoms with Gasteiger partial charge in [0.25, 0.3) is 0 Å². The topological polar surface area (TPSA) is 0 Å². The standard InChI is InChI=1S/C11H13I/c1-8-7-10(5-6-11(8)12)9-3-2-4-9/h5-7,9H,2-4H2,1H3. The SMILES string of the molecule is Cc1cc(C2CCC2)ccc1I. The van der Waals surface area contributed by atoms with Crippen molar-refractivity contribution in [2.45, 2.75) is 32.1 Å². The Bertz CT molecular complexity index is 287. The minimum absolute atomic E-state index is 0.876. The zero-order chi connectivity index (χ0) is 8.55. The Hall–Kier alpha value is -0.0500. The minimum atomic E-state index is 0.876. The summed E-state index contributed by atoms with van der Waals surface area (Å²) in [4.78, 5) is 0. The van der Waals surface area contributed by atoms with E-state index in [4.69, 9.17) is 0 Å². The molecule has 0 N–H and O–H groups in total. The van der Waals surface area contributed by atoms with Crippen LogP contribution in [0, 0.1) is 10.5 Å². The zero-order valence-corrected chi connectivity index (χ0v) is 9.47. The molecule has 0 unspecified atom stereocenters. The van der Waals surface area contributed by atoms with Crippen LogP contribution in [0.15, 0.2) is 18.2 Å². The molecule has 0 amide bonds. The predicted octanol–water partition coefficient (Wildman–Crippen LogP) is 3.87. The van der Waals surface area contributed by atoms with Crippen LogP contribution in [0.1, 0.15) is 36.3 Å². The third-order valence-electron chi connectivity index (χ3n) is 2.76. The summed E-state index contributed by atoms with van der Waals surface area (Å²) in [5.41, 5.74) is 2.99. The molecule has 1 saturated carbocycles. The molecule has 64 valence electrons. The molecule has 0 radical (unpaired) electrons. The van der Waals surface area contributed by atoms with Crippen LogP contribution in [0.4, 0.5) is 0 Å². The lowest BCUT2D eigenvalue weighted by atomic mass is 9.80. The molecule has 0 saturated heterocycles. The molecule has 1 aromatic carbocycles. The van der Waals surface area contributed by atoms with Crippen molar-refractivity contribution in [3.8, 4) is 0 Å². The number of benzene rings is 1. The number of halogens is 1. The Balaban J connectivity index is 2.27. The quantitative estimate of drug-likeness (QED) is 0.681. The molecule has 0 atom stereocenters. The maximum atomic E-state index is 2.39. The highest BCUT2D eigenvalue weighted by molar-refractivity contribution is 14.1. The third kappa shape index (κ3) is 1.51. The van der Waals surface area contributed by atoms with Crippen molar-refractivity contribution in [3.05, 3.63) is 32.9 Å². The van der Waals surface area contributed by atoms with E-state index >= 15 is 0 Å². The van der Waals surface area contributed by atoms with E-state index < -0.39 is 0 Å². The maximum Gasteiger partial charge on any atom is 0.0159 e. The van der Waals surface area contributed by atoms with E-state index in [0.717, 1.165) is 5.92 Å². The Morgan fingerprint density at radius 2 is 2.08 bits per heavy atom. The van der Waals surface area contributed by atoms with Gasteiger partial charge in [-0.1, -0.05) is 18.6 Å². The molecule has 0 aliphatic heterocycles. The van der Waals surface area contributed by atoms with Crippen LogP contribution in [0.2, 0.25) is 0 Å². The fraction of sp³-hybridized carbons (Fsp3) is 0.455. The number of hydrogen-bond acceptors (Lipinski definition) is 0. The molecule has 12 heavy (non-hydrogen) atoms. The van der Waals surface area contributed by atoms with Gasteiger partial charge in [-0.05, 0) is 65.5 Å². The van der Waals surface area contributed by atoms with Crippen molar-refractivity contribution in [1.29, 1.82) is 0 Å². The average molecular weight is 272 g/mol. The van der Waals surface area contributed by atoms with E-state index in [1.165, 1.54) is 28.4 Å². The van der Waals surface area contributed by atoms with E-state index in [1.807, 2.05) is 0 Å². The van der Waals surface area contributed by atoms with E-state index in [0.29, 0.717) is 0 Å². The van der Waals surface area contributed by atoms with Crippen LogP contribution in [0.25, 0.3) is 0 Å². The Morgan fingerprint density at radius 3 is 2.58 bits per heavy atom. The molecule has 2 rings (SSSR count). The summed E-state index contributed by atoms with van der Waals surface area (Å²) in [5.74, 6) is 0.876. The summed E-state index contributed by atoms with van der Waals surface area (Å²) in [6.07, 6.45) is 4.23. The van der Waals surface area contributed by atoms with Crippen LogP contribution in [-0.2, 0) is 0 Å². The summed E-state index contributed by atoms with van der Waals surface area (Å²) in [7, 11) is 0. The fourth-order valence-electron chi connectivity index (χ4n) is 1.66. The summed E-state index contributed by atoms with van der Waals surface area (Å²) < 4.78 is 1.38. The van der Waals surface area contributed by atoms with Crippen molar-refractivity contribution in [3.63, 3.8) is 0 Å². The van der Waals surface area contributed by atoms with Gasteiger partial charge >= 0.3 is 0 Å². The van der Waals surface area contributed by atoms with Gasteiger partial charge in [0.15, 0.2) is 0 Å². The van der Waals surface area contributed by atoms with Gasteiger partial charge in [0, 0.05) is 3.57 Å². The van der Waals surface area contributed by atoms with Gasteiger partial charge < -0.3 is 0 Å². The first-order valence-corrected chi connectivity index (χ1v) is 5.61. The van der Waals surface area contributed by atoms with Crippen LogP contribution in [0.5, 0.6) is 0 Å². The summed E-state index contributed by atoms with van der Waals surface area (Å²) in [6.45, 7) is 2.20. The molecule has 1 aliphatic carbocycles. The van der Waals surface area contributed by atoms with E-state index in [1.54, 1.807) is 5.56 Å². The predicted molar refractivity (Wildman–Crippen MR) is 60.5 cm³/mol. The molecule has 0 bridgehead atoms. The Labute approximate surface area is 87.5 Å². The lowest BCUT2D eigenvalue weighted by molar-refractivity contribution is 0.419. The molecule has 0 spiro atoms. The summed E-state index contributed by atoms with van der Waals surface area (Å²) >= 11 is 2.39. The highest BCUT2D eigenvalue weighted by atomic mass is 127. The summed E-state index contributed by atoms with van der Waals surface area (Å²) in [6, 6.07) is 6.88. The smallest absolute Gasteiger partial charge is 0.0159 e. The van der Waals surface area contributed by atoms with E-state index in [9.17, 15) is 0 Å². The van der Waals surface area contributed by atoms with Crippen molar-refractivity contribution in [1.82, 2.24) is 0 Å².